The highest BCUT2D eigenvalue weighted by Crippen LogP contribution is 2.12. The molecule has 1 aliphatic heterocycles. The van der Waals surface area contributed by atoms with E-state index >= 15 is 0 Å². The minimum Gasteiger partial charge on any atom is -0.379 e. The number of morpholine rings is 1. The molecule has 5 heteroatoms. The minimum atomic E-state index is -0.127. The summed E-state index contributed by atoms with van der Waals surface area (Å²) in [7, 11) is 0. The molecular weight excluding hydrogens is 314 g/mol. The number of nitrogens with one attached hydrogen (secondary N) is 2. The van der Waals surface area contributed by atoms with Crippen LogP contribution in [0, 0.1) is 5.92 Å². The van der Waals surface area contributed by atoms with Crippen molar-refractivity contribution in [3.05, 3.63) is 29.8 Å². The first-order valence-electron chi connectivity index (χ1n) is 9.49. The van der Waals surface area contributed by atoms with Crippen LogP contribution in [0.25, 0.3) is 0 Å². The van der Waals surface area contributed by atoms with Gasteiger partial charge in [-0.15, -0.1) is 0 Å². The average molecular weight is 348 g/mol. The van der Waals surface area contributed by atoms with Crippen LogP contribution in [0.3, 0.4) is 0 Å². The van der Waals surface area contributed by atoms with Gasteiger partial charge in [0, 0.05) is 31.4 Å². The average Bonchev–Trinajstić information content (AvgIpc) is 2.60. The Balaban J connectivity index is 1.70. The number of hydrogen-bond acceptors (Lipinski definition) is 3. The molecule has 0 spiro atoms. The summed E-state index contributed by atoms with van der Waals surface area (Å²) in [5.41, 5.74) is 2.13. The van der Waals surface area contributed by atoms with E-state index in [1.54, 1.807) is 0 Å². The first-order chi connectivity index (χ1) is 12.0. The zero-order valence-electron chi connectivity index (χ0n) is 15.9. The first kappa shape index (κ1) is 19.7. The lowest BCUT2D eigenvalue weighted by molar-refractivity contribution is 0.0384. The van der Waals surface area contributed by atoms with E-state index in [2.05, 4.69) is 48.4 Å². The van der Waals surface area contributed by atoms with E-state index in [1.807, 2.05) is 12.1 Å². The van der Waals surface area contributed by atoms with Gasteiger partial charge in [0.25, 0.3) is 0 Å². The third-order valence-corrected chi connectivity index (χ3v) is 4.59. The summed E-state index contributed by atoms with van der Waals surface area (Å²) in [6.45, 7) is 11.2. The maximum absolute atomic E-state index is 12.0. The van der Waals surface area contributed by atoms with Crippen molar-refractivity contribution in [1.82, 2.24) is 10.2 Å². The van der Waals surface area contributed by atoms with Gasteiger partial charge >= 0.3 is 6.03 Å². The Bertz CT molecular complexity index is 510. The Labute approximate surface area is 152 Å². The van der Waals surface area contributed by atoms with Crippen molar-refractivity contribution in [1.29, 1.82) is 0 Å². The summed E-state index contributed by atoms with van der Waals surface area (Å²) in [5.74, 6) is 0.664. The number of carbonyl (C=O) groups is 1. The zero-order chi connectivity index (χ0) is 18.1. The summed E-state index contributed by atoms with van der Waals surface area (Å²) in [4.78, 5) is 14.5. The number of carbonyl (C=O) groups excluding carboxylic acids is 1. The molecule has 1 atom stereocenters. The number of nitrogens with zero attached hydrogens (tertiary/aromatic N) is 1. The molecule has 1 fully saturated rings. The lowest BCUT2D eigenvalue weighted by Crippen LogP contribution is -2.37. The van der Waals surface area contributed by atoms with E-state index in [-0.39, 0.29) is 12.1 Å². The Morgan fingerprint density at radius 1 is 1.12 bits per heavy atom. The predicted octanol–water partition coefficient (Wildman–Crippen LogP) is 3.51. The number of urea groups is 1. The third-order valence-electron chi connectivity index (χ3n) is 4.59. The molecule has 2 N–H and O–H groups in total. The smallest absolute Gasteiger partial charge is 0.319 e. The number of anilines is 1. The molecule has 0 aliphatic carbocycles. The normalized spacial score (nSPS) is 16.6. The Morgan fingerprint density at radius 2 is 1.80 bits per heavy atom. The zero-order valence-corrected chi connectivity index (χ0v) is 15.9. The van der Waals surface area contributed by atoms with Crippen molar-refractivity contribution in [2.24, 2.45) is 5.92 Å². The van der Waals surface area contributed by atoms with Crippen LogP contribution in [0.4, 0.5) is 10.5 Å². The summed E-state index contributed by atoms with van der Waals surface area (Å²) in [6, 6.07) is 8.21. The number of hydrogen-bond donors (Lipinski definition) is 2. The second-order valence-corrected chi connectivity index (χ2v) is 7.37. The van der Waals surface area contributed by atoms with E-state index in [9.17, 15) is 4.79 Å². The number of benzene rings is 1. The standard InChI is InChI=1S/C20H33N3O2/c1-16(2)4-5-17(3)21-20(24)22-19-8-6-18(7-9-19)10-11-23-12-14-25-15-13-23/h6-9,16-17H,4-5,10-15H2,1-3H3,(H2,21,22,24). The van der Waals surface area contributed by atoms with Gasteiger partial charge < -0.3 is 15.4 Å². The SMILES string of the molecule is CC(C)CCC(C)NC(=O)Nc1ccc(CCN2CCOCC2)cc1. The van der Waals surface area contributed by atoms with E-state index in [4.69, 9.17) is 4.74 Å². The molecule has 0 aromatic heterocycles. The van der Waals surface area contributed by atoms with Gasteiger partial charge in [0.05, 0.1) is 13.2 Å². The molecule has 140 valence electrons. The van der Waals surface area contributed by atoms with Crippen LogP contribution in [-0.2, 0) is 11.2 Å². The number of ether oxygens (including phenoxy) is 1. The third kappa shape index (κ3) is 7.88. The fourth-order valence-electron chi connectivity index (χ4n) is 2.91. The van der Waals surface area contributed by atoms with E-state index < -0.39 is 0 Å². The first-order valence-corrected chi connectivity index (χ1v) is 9.49. The molecule has 2 rings (SSSR count). The molecule has 0 saturated carbocycles. The second-order valence-electron chi connectivity index (χ2n) is 7.37. The quantitative estimate of drug-likeness (QED) is 0.757. The monoisotopic (exact) mass is 347 g/mol. The highest BCUT2D eigenvalue weighted by Gasteiger charge is 2.10. The molecular formula is C20H33N3O2. The van der Waals surface area contributed by atoms with Gasteiger partial charge in [-0.1, -0.05) is 26.0 Å². The van der Waals surface area contributed by atoms with Gasteiger partial charge in [0.1, 0.15) is 0 Å². The van der Waals surface area contributed by atoms with Crippen molar-refractivity contribution in [3.63, 3.8) is 0 Å². The minimum absolute atomic E-state index is 0.127. The van der Waals surface area contributed by atoms with Crippen LogP contribution in [0.15, 0.2) is 24.3 Å². The molecule has 0 bridgehead atoms. The van der Waals surface area contributed by atoms with Crippen LogP contribution < -0.4 is 10.6 Å². The van der Waals surface area contributed by atoms with Crippen molar-refractivity contribution in [2.45, 2.75) is 46.1 Å². The van der Waals surface area contributed by atoms with Crippen LogP contribution in [0.1, 0.15) is 39.2 Å². The van der Waals surface area contributed by atoms with Gasteiger partial charge in [0.2, 0.25) is 0 Å². The Morgan fingerprint density at radius 3 is 2.44 bits per heavy atom. The van der Waals surface area contributed by atoms with Crippen molar-refractivity contribution >= 4 is 11.7 Å². The number of amides is 2. The topological polar surface area (TPSA) is 53.6 Å². The lowest BCUT2D eigenvalue weighted by atomic mass is 10.0. The predicted molar refractivity (Wildman–Crippen MR) is 103 cm³/mol. The van der Waals surface area contributed by atoms with E-state index in [1.165, 1.54) is 5.56 Å². The van der Waals surface area contributed by atoms with Gasteiger partial charge in [-0.05, 0) is 49.8 Å². The summed E-state index contributed by atoms with van der Waals surface area (Å²) in [5, 5.41) is 5.91. The molecule has 2 amide bonds. The molecule has 5 nitrogen and oxygen atoms in total. The molecule has 1 aromatic carbocycles. The van der Waals surface area contributed by atoms with Gasteiger partial charge in [-0.2, -0.15) is 0 Å². The summed E-state index contributed by atoms with van der Waals surface area (Å²) < 4.78 is 5.37. The Kier molecular flexibility index (Phi) is 8.22. The molecule has 1 heterocycles. The van der Waals surface area contributed by atoms with E-state index in [0.29, 0.717) is 5.92 Å². The highest BCUT2D eigenvalue weighted by atomic mass is 16.5. The summed E-state index contributed by atoms with van der Waals surface area (Å²) >= 11 is 0. The van der Waals surface area contributed by atoms with Crippen LogP contribution in [0.2, 0.25) is 0 Å². The maximum Gasteiger partial charge on any atom is 0.319 e. The second kappa shape index (κ2) is 10.4. The highest BCUT2D eigenvalue weighted by molar-refractivity contribution is 5.89. The van der Waals surface area contributed by atoms with Gasteiger partial charge in [-0.3, -0.25) is 4.90 Å². The van der Waals surface area contributed by atoms with Crippen LogP contribution >= 0.6 is 0 Å². The van der Waals surface area contributed by atoms with E-state index in [0.717, 1.165) is 57.8 Å². The molecule has 1 unspecified atom stereocenters. The molecule has 1 saturated heterocycles. The van der Waals surface area contributed by atoms with Crippen LogP contribution in [0.5, 0.6) is 0 Å². The maximum atomic E-state index is 12.0. The van der Waals surface area contributed by atoms with Crippen LogP contribution in [-0.4, -0.2) is 49.8 Å². The summed E-state index contributed by atoms with van der Waals surface area (Å²) in [6.07, 6.45) is 3.16. The van der Waals surface area contributed by atoms with Gasteiger partial charge in [-0.25, -0.2) is 4.79 Å². The molecule has 1 aliphatic rings. The largest absolute Gasteiger partial charge is 0.379 e. The van der Waals surface area contributed by atoms with Crippen molar-refractivity contribution in [2.75, 3.05) is 38.2 Å². The lowest BCUT2D eigenvalue weighted by Gasteiger charge is -2.26. The molecule has 1 aromatic rings. The fraction of sp³-hybridized carbons (Fsp3) is 0.650. The van der Waals surface area contributed by atoms with Gasteiger partial charge in [0.15, 0.2) is 0 Å². The van der Waals surface area contributed by atoms with Crippen molar-refractivity contribution in [3.8, 4) is 0 Å². The van der Waals surface area contributed by atoms with Crippen molar-refractivity contribution < 1.29 is 9.53 Å². The molecule has 0 radical (unpaired) electrons. The number of rotatable bonds is 8. The molecule has 25 heavy (non-hydrogen) atoms. The fourth-order valence-corrected chi connectivity index (χ4v) is 2.91. The Hall–Kier alpha value is -1.59.